The van der Waals surface area contributed by atoms with E-state index in [2.05, 4.69) is 0 Å². The van der Waals surface area contributed by atoms with Gasteiger partial charge < -0.3 is 0 Å². The molecular weight excluding hydrogens is 346 g/mol. The average Bonchev–Trinajstić information content (AvgIpc) is 3.09. The number of aryl methyl sites for hydroxylation is 1. The molecule has 7 heteroatoms. The SMILES string of the molecule is CC(Cc1cccs1)N(C)S(=O)(=O)c1ccc(CCCl)s1. The van der Waals surface area contributed by atoms with Crippen LogP contribution in [0.1, 0.15) is 16.7 Å². The third kappa shape index (κ3) is 4.07. The lowest BCUT2D eigenvalue weighted by molar-refractivity contribution is 0.389. The quantitative estimate of drug-likeness (QED) is 0.701. The summed E-state index contributed by atoms with van der Waals surface area (Å²) in [5.41, 5.74) is 0. The predicted octanol–water partition coefficient (Wildman–Crippen LogP) is 3.84. The Kier molecular flexibility index (Phi) is 5.85. The van der Waals surface area contributed by atoms with Gasteiger partial charge in [-0.3, -0.25) is 0 Å². The molecule has 1 unspecified atom stereocenters. The van der Waals surface area contributed by atoms with Crippen LogP contribution in [0.5, 0.6) is 0 Å². The van der Waals surface area contributed by atoms with Gasteiger partial charge in [-0.15, -0.1) is 34.3 Å². The highest BCUT2D eigenvalue weighted by Gasteiger charge is 2.27. The van der Waals surface area contributed by atoms with Crippen molar-refractivity contribution >= 4 is 44.3 Å². The second-order valence-electron chi connectivity index (χ2n) is 4.81. The molecule has 0 radical (unpaired) electrons. The molecule has 0 aromatic carbocycles. The number of halogens is 1. The molecule has 2 rings (SSSR count). The zero-order chi connectivity index (χ0) is 15.5. The lowest BCUT2D eigenvalue weighted by atomic mass is 10.2. The lowest BCUT2D eigenvalue weighted by Crippen LogP contribution is -2.35. The van der Waals surface area contributed by atoms with Crippen molar-refractivity contribution < 1.29 is 8.42 Å². The fraction of sp³-hybridized carbons (Fsp3) is 0.429. The Balaban J connectivity index is 2.13. The third-order valence-corrected chi connectivity index (χ3v) is 7.98. The van der Waals surface area contributed by atoms with Gasteiger partial charge in [0.2, 0.25) is 0 Å². The minimum Gasteiger partial charge on any atom is -0.206 e. The van der Waals surface area contributed by atoms with E-state index < -0.39 is 10.0 Å². The van der Waals surface area contributed by atoms with Gasteiger partial charge in [-0.1, -0.05) is 6.07 Å². The molecule has 116 valence electrons. The van der Waals surface area contributed by atoms with E-state index in [0.29, 0.717) is 16.5 Å². The van der Waals surface area contributed by atoms with Crippen molar-refractivity contribution in [1.29, 1.82) is 0 Å². The molecule has 0 aliphatic heterocycles. The molecule has 2 aromatic rings. The number of thiophene rings is 2. The van der Waals surface area contributed by atoms with Crippen molar-refractivity contribution in [3.05, 3.63) is 39.4 Å². The van der Waals surface area contributed by atoms with Gasteiger partial charge in [0.1, 0.15) is 4.21 Å². The molecule has 0 aliphatic carbocycles. The molecule has 0 fully saturated rings. The highest BCUT2D eigenvalue weighted by molar-refractivity contribution is 7.91. The summed E-state index contributed by atoms with van der Waals surface area (Å²) < 4.78 is 27.1. The van der Waals surface area contributed by atoms with Crippen molar-refractivity contribution in [2.24, 2.45) is 0 Å². The molecule has 0 saturated heterocycles. The normalized spacial score (nSPS) is 13.7. The molecule has 2 heterocycles. The van der Waals surface area contributed by atoms with Crippen LogP contribution < -0.4 is 0 Å². The van der Waals surface area contributed by atoms with Crippen LogP contribution in [-0.2, 0) is 22.9 Å². The van der Waals surface area contributed by atoms with Gasteiger partial charge in [0.05, 0.1) is 0 Å². The highest BCUT2D eigenvalue weighted by atomic mass is 35.5. The van der Waals surface area contributed by atoms with Gasteiger partial charge in [0.15, 0.2) is 0 Å². The Hall–Kier alpha value is -0.400. The van der Waals surface area contributed by atoms with Crippen molar-refractivity contribution in [2.75, 3.05) is 12.9 Å². The molecule has 0 amide bonds. The van der Waals surface area contributed by atoms with Gasteiger partial charge in [0, 0.05) is 28.7 Å². The van der Waals surface area contributed by atoms with E-state index in [9.17, 15) is 8.42 Å². The average molecular weight is 364 g/mol. The second-order valence-corrected chi connectivity index (χ2v) is 9.62. The van der Waals surface area contributed by atoms with Crippen molar-refractivity contribution in [1.82, 2.24) is 4.31 Å². The Morgan fingerprint density at radius 2 is 2.05 bits per heavy atom. The summed E-state index contributed by atoms with van der Waals surface area (Å²) in [4.78, 5) is 2.20. The Morgan fingerprint density at radius 1 is 1.29 bits per heavy atom. The number of alkyl halides is 1. The first-order valence-corrected chi connectivity index (χ1v) is 10.3. The molecule has 3 nitrogen and oxygen atoms in total. The zero-order valence-electron chi connectivity index (χ0n) is 12.0. The van der Waals surface area contributed by atoms with Gasteiger partial charge in [-0.05, 0) is 43.3 Å². The van der Waals surface area contributed by atoms with E-state index in [-0.39, 0.29) is 6.04 Å². The number of rotatable bonds is 7. The Bertz CT molecular complexity index is 664. The summed E-state index contributed by atoms with van der Waals surface area (Å²) >= 11 is 8.66. The Morgan fingerprint density at radius 3 is 2.67 bits per heavy atom. The predicted molar refractivity (Wildman–Crippen MR) is 91.2 cm³/mol. The third-order valence-electron chi connectivity index (χ3n) is 3.31. The largest absolute Gasteiger partial charge is 0.252 e. The van der Waals surface area contributed by atoms with Gasteiger partial charge in [0.25, 0.3) is 10.0 Å². The summed E-state index contributed by atoms with van der Waals surface area (Å²) in [5.74, 6) is 0.505. The van der Waals surface area contributed by atoms with E-state index >= 15 is 0 Å². The first-order valence-electron chi connectivity index (χ1n) is 6.60. The highest BCUT2D eigenvalue weighted by Crippen LogP contribution is 2.27. The number of hydrogen-bond donors (Lipinski definition) is 0. The van der Waals surface area contributed by atoms with Crippen molar-refractivity contribution in [3.8, 4) is 0 Å². The smallest absolute Gasteiger partial charge is 0.206 e. The van der Waals surface area contributed by atoms with E-state index in [1.165, 1.54) is 20.5 Å². The molecule has 21 heavy (non-hydrogen) atoms. The fourth-order valence-electron chi connectivity index (χ4n) is 1.95. The van der Waals surface area contributed by atoms with E-state index in [0.717, 1.165) is 11.3 Å². The maximum Gasteiger partial charge on any atom is 0.252 e. The molecule has 1 atom stereocenters. The number of hydrogen-bond acceptors (Lipinski definition) is 4. The maximum atomic E-state index is 12.6. The van der Waals surface area contributed by atoms with Crippen LogP contribution in [0.4, 0.5) is 0 Å². The topological polar surface area (TPSA) is 37.4 Å². The van der Waals surface area contributed by atoms with Crippen LogP contribution in [0.3, 0.4) is 0 Å². The standard InChI is InChI=1S/C14H18ClNO2S3/c1-11(10-13-4-3-9-19-13)16(2)21(17,18)14-6-5-12(20-14)7-8-15/h3-6,9,11H,7-8,10H2,1-2H3. The van der Waals surface area contributed by atoms with Crippen LogP contribution in [-0.4, -0.2) is 31.7 Å². The van der Waals surface area contributed by atoms with Gasteiger partial charge in [-0.2, -0.15) is 4.31 Å². The van der Waals surface area contributed by atoms with E-state index in [4.69, 9.17) is 11.6 Å². The monoisotopic (exact) mass is 363 g/mol. The first kappa shape index (κ1) is 17.0. The molecule has 0 bridgehead atoms. The van der Waals surface area contributed by atoms with Crippen LogP contribution >= 0.6 is 34.3 Å². The summed E-state index contributed by atoms with van der Waals surface area (Å²) in [6.45, 7) is 1.94. The first-order chi connectivity index (χ1) is 9.95. The number of likely N-dealkylation sites (N-methyl/N-ethyl adjacent to an activating group) is 1. The van der Waals surface area contributed by atoms with Gasteiger partial charge in [-0.25, -0.2) is 8.42 Å². The second kappa shape index (κ2) is 7.24. The minimum atomic E-state index is -3.43. The van der Waals surface area contributed by atoms with Crippen molar-refractivity contribution in [2.45, 2.75) is 30.0 Å². The molecule has 2 aromatic heterocycles. The summed E-state index contributed by atoms with van der Waals surface area (Å²) in [5, 5.41) is 2.01. The number of sulfonamides is 1. The van der Waals surface area contributed by atoms with Crippen LogP contribution in [0.15, 0.2) is 33.9 Å². The van der Waals surface area contributed by atoms with E-state index in [1.807, 2.05) is 30.5 Å². The molecular formula is C14H18ClNO2S3. The summed E-state index contributed by atoms with van der Waals surface area (Å²) in [7, 11) is -1.78. The zero-order valence-corrected chi connectivity index (χ0v) is 15.2. The lowest BCUT2D eigenvalue weighted by Gasteiger charge is -2.23. The summed E-state index contributed by atoms with van der Waals surface area (Å²) in [6, 6.07) is 7.46. The maximum absolute atomic E-state index is 12.6. The van der Waals surface area contributed by atoms with Crippen LogP contribution in [0.25, 0.3) is 0 Å². The molecule has 0 N–H and O–H groups in total. The molecule has 0 aliphatic rings. The fourth-order valence-corrected chi connectivity index (χ4v) is 6.00. The van der Waals surface area contributed by atoms with Gasteiger partial charge >= 0.3 is 0 Å². The molecule has 0 spiro atoms. The Labute approximate surface area is 139 Å². The molecule has 0 saturated carbocycles. The van der Waals surface area contributed by atoms with Crippen molar-refractivity contribution in [3.63, 3.8) is 0 Å². The minimum absolute atomic E-state index is 0.0766. The number of nitrogens with zero attached hydrogens (tertiary/aromatic N) is 1. The summed E-state index contributed by atoms with van der Waals surface area (Å²) in [6.07, 6.45) is 1.43. The van der Waals surface area contributed by atoms with Crippen LogP contribution in [0.2, 0.25) is 0 Å². The van der Waals surface area contributed by atoms with Crippen LogP contribution in [0, 0.1) is 0 Å². The van der Waals surface area contributed by atoms with E-state index in [1.54, 1.807) is 24.5 Å².